The highest BCUT2D eigenvalue weighted by Gasteiger charge is 2.09. The molecular weight excluding hydrogens is 348 g/mol. The molecular formula is C21H27ClN2O2. The highest BCUT2D eigenvalue weighted by atomic mass is 35.5. The van der Waals surface area contributed by atoms with E-state index in [0.29, 0.717) is 6.61 Å². The van der Waals surface area contributed by atoms with E-state index in [9.17, 15) is 0 Å². The maximum absolute atomic E-state index is 6.21. The summed E-state index contributed by atoms with van der Waals surface area (Å²) < 4.78 is 11.4. The van der Waals surface area contributed by atoms with E-state index in [1.807, 2.05) is 42.5 Å². The van der Waals surface area contributed by atoms with Crippen molar-refractivity contribution < 1.29 is 9.47 Å². The standard InChI is InChI=1S/C21H27ClN2O2/c22-20-8-3-1-7-19(20)17-26-21-9-4-2-6-18(21)16-23-10-5-11-24-12-14-25-15-13-24/h1-4,6-9,23H,5,10-17H2. The van der Waals surface area contributed by atoms with Crippen molar-refractivity contribution >= 4 is 11.6 Å². The number of hydrogen-bond acceptors (Lipinski definition) is 4. The molecule has 140 valence electrons. The monoisotopic (exact) mass is 374 g/mol. The first-order valence-corrected chi connectivity index (χ1v) is 9.65. The molecule has 0 atom stereocenters. The molecule has 0 radical (unpaired) electrons. The van der Waals surface area contributed by atoms with E-state index in [4.69, 9.17) is 21.1 Å². The van der Waals surface area contributed by atoms with E-state index in [0.717, 1.165) is 68.7 Å². The normalized spacial score (nSPS) is 15.1. The average molecular weight is 375 g/mol. The van der Waals surface area contributed by atoms with Crippen molar-refractivity contribution in [2.24, 2.45) is 0 Å². The van der Waals surface area contributed by atoms with Crippen LogP contribution in [0.1, 0.15) is 17.5 Å². The van der Waals surface area contributed by atoms with Crippen LogP contribution in [0.15, 0.2) is 48.5 Å². The van der Waals surface area contributed by atoms with E-state index in [1.165, 1.54) is 5.56 Å². The number of para-hydroxylation sites is 1. The lowest BCUT2D eigenvalue weighted by atomic mass is 10.2. The Kier molecular flexibility index (Phi) is 7.77. The Labute approximate surface area is 161 Å². The van der Waals surface area contributed by atoms with Crippen molar-refractivity contribution in [2.45, 2.75) is 19.6 Å². The van der Waals surface area contributed by atoms with Crippen LogP contribution in [-0.2, 0) is 17.9 Å². The topological polar surface area (TPSA) is 33.7 Å². The van der Waals surface area contributed by atoms with Gasteiger partial charge in [0.2, 0.25) is 0 Å². The van der Waals surface area contributed by atoms with Crippen molar-refractivity contribution in [1.29, 1.82) is 0 Å². The van der Waals surface area contributed by atoms with Gasteiger partial charge in [-0.2, -0.15) is 0 Å². The Morgan fingerprint density at radius 1 is 1.00 bits per heavy atom. The third-order valence-electron chi connectivity index (χ3n) is 4.56. The largest absolute Gasteiger partial charge is 0.489 e. The number of nitrogens with zero attached hydrogens (tertiary/aromatic N) is 1. The Morgan fingerprint density at radius 3 is 2.54 bits per heavy atom. The molecule has 1 aliphatic rings. The number of nitrogens with one attached hydrogen (secondary N) is 1. The van der Waals surface area contributed by atoms with Crippen LogP contribution in [0.3, 0.4) is 0 Å². The molecule has 1 N–H and O–H groups in total. The third-order valence-corrected chi connectivity index (χ3v) is 4.93. The molecule has 0 aromatic heterocycles. The Bertz CT molecular complexity index is 675. The number of halogens is 1. The molecule has 1 aliphatic heterocycles. The minimum Gasteiger partial charge on any atom is -0.489 e. The molecule has 5 heteroatoms. The first-order valence-electron chi connectivity index (χ1n) is 9.28. The van der Waals surface area contributed by atoms with Gasteiger partial charge in [-0.25, -0.2) is 0 Å². The van der Waals surface area contributed by atoms with Gasteiger partial charge in [-0.15, -0.1) is 0 Å². The van der Waals surface area contributed by atoms with E-state index < -0.39 is 0 Å². The first-order chi connectivity index (χ1) is 12.8. The summed E-state index contributed by atoms with van der Waals surface area (Å²) in [5.41, 5.74) is 2.17. The van der Waals surface area contributed by atoms with E-state index in [2.05, 4.69) is 16.3 Å². The fraction of sp³-hybridized carbons (Fsp3) is 0.429. The predicted molar refractivity (Wildman–Crippen MR) is 106 cm³/mol. The molecule has 0 saturated carbocycles. The fourth-order valence-corrected chi connectivity index (χ4v) is 3.23. The molecule has 0 bridgehead atoms. The zero-order chi connectivity index (χ0) is 18.0. The lowest BCUT2D eigenvalue weighted by Crippen LogP contribution is -2.37. The van der Waals surface area contributed by atoms with Crippen LogP contribution in [-0.4, -0.2) is 44.3 Å². The van der Waals surface area contributed by atoms with Crippen molar-refractivity contribution in [3.05, 3.63) is 64.7 Å². The van der Waals surface area contributed by atoms with Gasteiger partial charge < -0.3 is 14.8 Å². The van der Waals surface area contributed by atoms with Gasteiger partial charge in [0, 0.05) is 35.8 Å². The maximum atomic E-state index is 6.21. The van der Waals surface area contributed by atoms with Gasteiger partial charge in [0.1, 0.15) is 12.4 Å². The Hall–Kier alpha value is -1.59. The zero-order valence-electron chi connectivity index (χ0n) is 15.1. The molecule has 3 rings (SSSR count). The van der Waals surface area contributed by atoms with Crippen LogP contribution < -0.4 is 10.1 Å². The highest BCUT2D eigenvalue weighted by molar-refractivity contribution is 6.31. The van der Waals surface area contributed by atoms with Crippen molar-refractivity contribution in [2.75, 3.05) is 39.4 Å². The summed E-state index contributed by atoms with van der Waals surface area (Å²) >= 11 is 6.21. The Balaban J connectivity index is 1.42. The summed E-state index contributed by atoms with van der Waals surface area (Å²) in [5, 5.41) is 4.27. The molecule has 1 fully saturated rings. The minimum atomic E-state index is 0.480. The summed E-state index contributed by atoms with van der Waals surface area (Å²) in [5.74, 6) is 0.910. The number of rotatable bonds is 9. The molecule has 1 heterocycles. The first kappa shape index (κ1) is 19.2. The molecule has 0 unspecified atom stereocenters. The van der Waals surface area contributed by atoms with Crippen LogP contribution in [0.4, 0.5) is 0 Å². The summed E-state index contributed by atoms with van der Waals surface area (Å²) in [6.07, 6.45) is 1.14. The molecule has 0 aliphatic carbocycles. The van der Waals surface area contributed by atoms with Crippen LogP contribution >= 0.6 is 11.6 Å². The van der Waals surface area contributed by atoms with Gasteiger partial charge >= 0.3 is 0 Å². The maximum Gasteiger partial charge on any atom is 0.124 e. The van der Waals surface area contributed by atoms with Crippen molar-refractivity contribution in [1.82, 2.24) is 10.2 Å². The second-order valence-corrected chi connectivity index (χ2v) is 6.88. The predicted octanol–water partition coefficient (Wildman–Crippen LogP) is 3.73. The lowest BCUT2D eigenvalue weighted by molar-refractivity contribution is 0.0374. The van der Waals surface area contributed by atoms with Crippen molar-refractivity contribution in [3.63, 3.8) is 0 Å². The van der Waals surface area contributed by atoms with Crippen LogP contribution in [0.2, 0.25) is 5.02 Å². The van der Waals surface area contributed by atoms with Crippen LogP contribution in [0, 0.1) is 0 Å². The van der Waals surface area contributed by atoms with E-state index in [1.54, 1.807) is 0 Å². The molecule has 4 nitrogen and oxygen atoms in total. The summed E-state index contributed by atoms with van der Waals surface area (Å²) in [6.45, 7) is 7.25. The van der Waals surface area contributed by atoms with Gasteiger partial charge in [0.25, 0.3) is 0 Å². The SMILES string of the molecule is Clc1ccccc1COc1ccccc1CNCCCN1CCOCC1. The molecule has 26 heavy (non-hydrogen) atoms. The lowest BCUT2D eigenvalue weighted by Gasteiger charge is -2.26. The van der Waals surface area contributed by atoms with Gasteiger partial charge in [0.15, 0.2) is 0 Å². The second kappa shape index (κ2) is 10.5. The fourth-order valence-electron chi connectivity index (χ4n) is 3.04. The number of hydrogen-bond donors (Lipinski definition) is 1. The summed E-state index contributed by atoms with van der Waals surface area (Å²) in [4.78, 5) is 2.46. The highest BCUT2D eigenvalue weighted by Crippen LogP contribution is 2.21. The van der Waals surface area contributed by atoms with Gasteiger partial charge in [-0.1, -0.05) is 48.0 Å². The third kappa shape index (κ3) is 5.99. The smallest absolute Gasteiger partial charge is 0.124 e. The number of morpholine rings is 1. The molecule has 2 aromatic carbocycles. The van der Waals surface area contributed by atoms with Gasteiger partial charge in [-0.3, -0.25) is 4.90 Å². The average Bonchev–Trinajstić information content (AvgIpc) is 2.69. The quantitative estimate of drug-likeness (QED) is 0.678. The molecule has 2 aromatic rings. The Morgan fingerprint density at radius 2 is 1.73 bits per heavy atom. The van der Waals surface area contributed by atoms with Gasteiger partial charge in [0.05, 0.1) is 13.2 Å². The van der Waals surface area contributed by atoms with E-state index in [-0.39, 0.29) is 0 Å². The van der Waals surface area contributed by atoms with E-state index >= 15 is 0 Å². The summed E-state index contributed by atoms with van der Waals surface area (Å²) in [6, 6.07) is 16.0. The van der Waals surface area contributed by atoms with Crippen LogP contribution in [0.25, 0.3) is 0 Å². The molecule has 0 spiro atoms. The number of benzene rings is 2. The molecule has 1 saturated heterocycles. The summed E-state index contributed by atoms with van der Waals surface area (Å²) in [7, 11) is 0. The van der Waals surface area contributed by atoms with Crippen LogP contribution in [0.5, 0.6) is 5.75 Å². The van der Waals surface area contributed by atoms with Gasteiger partial charge in [-0.05, 0) is 31.6 Å². The molecule has 0 amide bonds. The zero-order valence-corrected chi connectivity index (χ0v) is 15.9. The van der Waals surface area contributed by atoms with Crippen molar-refractivity contribution in [3.8, 4) is 5.75 Å². The number of ether oxygens (including phenoxy) is 2. The second-order valence-electron chi connectivity index (χ2n) is 6.47. The minimum absolute atomic E-state index is 0.480.